The number of carbonyl (C=O) groups excluding carboxylic acids is 1. The summed E-state index contributed by atoms with van der Waals surface area (Å²) in [5, 5.41) is 6.25. The lowest BCUT2D eigenvalue weighted by molar-refractivity contribution is 0.100. The molecule has 0 aliphatic rings. The van der Waals surface area contributed by atoms with E-state index in [2.05, 4.69) is 20.6 Å². The Morgan fingerprint density at radius 1 is 1.00 bits per heavy atom. The van der Waals surface area contributed by atoms with Crippen molar-refractivity contribution >= 4 is 29.0 Å². The average molecular weight is 319 g/mol. The molecule has 3 rings (SSSR count). The highest BCUT2D eigenvalue weighted by Crippen LogP contribution is 2.22. The summed E-state index contributed by atoms with van der Waals surface area (Å²) in [6.45, 7) is 1.99. The van der Waals surface area contributed by atoms with Crippen LogP contribution < -0.4 is 16.4 Å². The first-order valence-corrected chi connectivity index (χ1v) is 7.45. The second-order valence-corrected chi connectivity index (χ2v) is 5.25. The second kappa shape index (κ2) is 6.78. The van der Waals surface area contributed by atoms with E-state index in [-0.39, 0.29) is 5.56 Å². The fourth-order valence-electron chi connectivity index (χ4n) is 2.21. The molecule has 6 nitrogen and oxygen atoms in total. The van der Waals surface area contributed by atoms with Crippen molar-refractivity contribution in [1.82, 2.24) is 9.97 Å². The van der Waals surface area contributed by atoms with E-state index in [1.165, 1.54) is 6.20 Å². The quantitative estimate of drug-likeness (QED) is 0.670. The molecule has 4 N–H and O–H groups in total. The topological polar surface area (TPSA) is 92.9 Å². The van der Waals surface area contributed by atoms with Crippen LogP contribution in [-0.2, 0) is 0 Å². The van der Waals surface area contributed by atoms with E-state index in [1.54, 1.807) is 0 Å². The third-order valence-electron chi connectivity index (χ3n) is 3.48. The maximum atomic E-state index is 11.6. The van der Waals surface area contributed by atoms with Crippen LogP contribution >= 0.6 is 0 Å². The zero-order valence-electron chi connectivity index (χ0n) is 13.2. The van der Waals surface area contributed by atoms with Gasteiger partial charge in [0.2, 0.25) is 5.95 Å². The third kappa shape index (κ3) is 3.49. The van der Waals surface area contributed by atoms with E-state index in [0.717, 1.165) is 16.9 Å². The smallest absolute Gasteiger partial charge is 0.254 e. The highest BCUT2D eigenvalue weighted by molar-refractivity contribution is 5.98. The molecular formula is C18H17N5O. The average Bonchev–Trinajstić information content (AvgIpc) is 2.58. The van der Waals surface area contributed by atoms with Crippen molar-refractivity contribution in [1.29, 1.82) is 0 Å². The van der Waals surface area contributed by atoms with Gasteiger partial charge in [0.25, 0.3) is 5.91 Å². The summed E-state index contributed by atoms with van der Waals surface area (Å²) in [7, 11) is 0. The SMILES string of the molecule is Cc1ccccc1Nc1ncc(C(N)=O)c(Nc2ccccc2)n1. The van der Waals surface area contributed by atoms with Crippen LogP contribution in [0.3, 0.4) is 0 Å². The van der Waals surface area contributed by atoms with Gasteiger partial charge in [-0.1, -0.05) is 36.4 Å². The Morgan fingerprint density at radius 2 is 1.71 bits per heavy atom. The fraction of sp³-hybridized carbons (Fsp3) is 0.0556. The number of nitrogens with one attached hydrogen (secondary N) is 2. The summed E-state index contributed by atoms with van der Waals surface area (Å²) in [5.41, 5.74) is 8.42. The van der Waals surface area contributed by atoms with Crippen LogP contribution in [0, 0.1) is 6.92 Å². The van der Waals surface area contributed by atoms with Crippen LogP contribution in [0.1, 0.15) is 15.9 Å². The zero-order chi connectivity index (χ0) is 16.9. The molecule has 2 aromatic carbocycles. The standard InChI is InChI=1S/C18H17N5O/c1-12-7-5-6-10-15(12)22-18-20-11-14(16(19)24)17(23-18)21-13-8-3-2-4-9-13/h2-11H,1H3,(H2,19,24)(H2,20,21,22,23). The first kappa shape index (κ1) is 15.5. The Hall–Kier alpha value is -3.41. The predicted molar refractivity (Wildman–Crippen MR) is 94.7 cm³/mol. The predicted octanol–water partition coefficient (Wildman–Crippen LogP) is 3.37. The number of amides is 1. The van der Waals surface area contributed by atoms with Gasteiger partial charge in [-0.3, -0.25) is 4.79 Å². The van der Waals surface area contributed by atoms with Crippen LogP contribution in [0.5, 0.6) is 0 Å². The van der Waals surface area contributed by atoms with Gasteiger partial charge in [0, 0.05) is 17.6 Å². The summed E-state index contributed by atoms with van der Waals surface area (Å²) < 4.78 is 0. The van der Waals surface area contributed by atoms with Gasteiger partial charge >= 0.3 is 0 Å². The van der Waals surface area contributed by atoms with Crippen LogP contribution in [0.2, 0.25) is 0 Å². The number of carbonyl (C=O) groups is 1. The van der Waals surface area contributed by atoms with Gasteiger partial charge in [0.05, 0.1) is 0 Å². The number of aromatic nitrogens is 2. The van der Waals surface area contributed by atoms with Gasteiger partial charge in [-0.25, -0.2) is 4.98 Å². The van der Waals surface area contributed by atoms with Crippen molar-refractivity contribution in [2.75, 3.05) is 10.6 Å². The van der Waals surface area contributed by atoms with Crippen LogP contribution in [0.25, 0.3) is 0 Å². The number of nitrogens with zero attached hydrogens (tertiary/aromatic N) is 2. The molecule has 1 heterocycles. The minimum absolute atomic E-state index is 0.231. The van der Waals surface area contributed by atoms with Crippen molar-refractivity contribution < 1.29 is 4.79 Å². The number of hydrogen-bond donors (Lipinski definition) is 3. The molecule has 0 fully saturated rings. The van der Waals surface area contributed by atoms with Gasteiger partial charge in [-0.2, -0.15) is 4.98 Å². The molecular weight excluding hydrogens is 302 g/mol. The Morgan fingerprint density at radius 3 is 2.42 bits per heavy atom. The van der Waals surface area contributed by atoms with Crippen LogP contribution in [-0.4, -0.2) is 15.9 Å². The molecule has 0 saturated carbocycles. The highest BCUT2D eigenvalue weighted by atomic mass is 16.1. The first-order valence-electron chi connectivity index (χ1n) is 7.45. The lowest BCUT2D eigenvalue weighted by Gasteiger charge is -2.12. The van der Waals surface area contributed by atoms with Crippen molar-refractivity contribution in [3.8, 4) is 0 Å². The second-order valence-electron chi connectivity index (χ2n) is 5.25. The maximum Gasteiger partial charge on any atom is 0.254 e. The maximum absolute atomic E-state index is 11.6. The van der Waals surface area contributed by atoms with Gasteiger partial charge in [-0.15, -0.1) is 0 Å². The third-order valence-corrected chi connectivity index (χ3v) is 3.48. The lowest BCUT2D eigenvalue weighted by Crippen LogP contribution is -2.15. The molecule has 0 radical (unpaired) electrons. The summed E-state index contributed by atoms with van der Waals surface area (Å²) in [5.74, 6) is 0.156. The summed E-state index contributed by atoms with van der Waals surface area (Å²) >= 11 is 0. The fourth-order valence-corrected chi connectivity index (χ4v) is 2.21. The molecule has 0 saturated heterocycles. The number of benzene rings is 2. The summed E-state index contributed by atoms with van der Waals surface area (Å²) in [6.07, 6.45) is 1.42. The van der Waals surface area contributed by atoms with E-state index in [1.807, 2.05) is 61.5 Å². The molecule has 1 aromatic heterocycles. The highest BCUT2D eigenvalue weighted by Gasteiger charge is 2.13. The molecule has 0 spiro atoms. The summed E-state index contributed by atoms with van der Waals surface area (Å²) in [4.78, 5) is 20.2. The summed E-state index contributed by atoms with van der Waals surface area (Å²) in [6, 6.07) is 17.2. The number of para-hydroxylation sites is 2. The van der Waals surface area contributed by atoms with E-state index >= 15 is 0 Å². The largest absolute Gasteiger partial charge is 0.365 e. The Bertz CT molecular complexity index is 864. The van der Waals surface area contributed by atoms with E-state index in [0.29, 0.717) is 11.8 Å². The zero-order valence-corrected chi connectivity index (χ0v) is 13.2. The molecule has 3 aromatic rings. The van der Waals surface area contributed by atoms with Gasteiger partial charge in [0.1, 0.15) is 11.4 Å². The normalized spacial score (nSPS) is 10.2. The van der Waals surface area contributed by atoms with E-state index in [4.69, 9.17) is 5.73 Å². The van der Waals surface area contributed by atoms with Crippen LogP contribution in [0.4, 0.5) is 23.1 Å². The molecule has 0 aliphatic heterocycles. The molecule has 0 unspecified atom stereocenters. The van der Waals surface area contributed by atoms with Gasteiger partial charge in [0.15, 0.2) is 0 Å². The number of nitrogens with two attached hydrogens (primary N) is 1. The number of primary amides is 1. The van der Waals surface area contributed by atoms with Crippen molar-refractivity contribution in [2.24, 2.45) is 5.73 Å². The van der Waals surface area contributed by atoms with Gasteiger partial charge in [-0.05, 0) is 30.7 Å². The van der Waals surface area contributed by atoms with Crippen molar-refractivity contribution in [3.63, 3.8) is 0 Å². The van der Waals surface area contributed by atoms with E-state index in [9.17, 15) is 4.79 Å². The Balaban J connectivity index is 1.94. The molecule has 0 bridgehead atoms. The molecule has 0 aliphatic carbocycles. The number of rotatable bonds is 5. The minimum atomic E-state index is -0.587. The lowest BCUT2D eigenvalue weighted by atomic mass is 10.2. The van der Waals surface area contributed by atoms with Crippen molar-refractivity contribution in [3.05, 3.63) is 71.9 Å². The van der Waals surface area contributed by atoms with Crippen LogP contribution in [0.15, 0.2) is 60.8 Å². The molecule has 0 atom stereocenters. The van der Waals surface area contributed by atoms with Gasteiger partial charge < -0.3 is 16.4 Å². The molecule has 1 amide bonds. The Labute approximate surface area is 139 Å². The molecule has 6 heteroatoms. The number of hydrogen-bond acceptors (Lipinski definition) is 5. The van der Waals surface area contributed by atoms with Crippen molar-refractivity contribution in [2.45, 2.75) is 6.92 Å². The monoisotopic (exact) mass is 319 g/mol. The molecule has 120 valence electrons. The number of anilines is 4. The molecule has 24 heavy (non-hydrogen) atoms. The van der Waals surface area contributed by atoms with E-state index < -0.39 is 5.91 Å². The number of aryl methyl sites for hydroxylation is 1. The minimum Gasteiger partial charge on any atom is -0.365 e. The first-order chi connectivity index (χ1) is 11.6. The Kier molecular flexibility index (Phi) is 4.38.